The number of halogens is 3. The molecule has 3 aliphatic rings. The topological polar surface area (TPSA) is 130 Å². The number of aliphatic carboxylic acids is 1. The average Bonchev–Trinajstić information content (AvgIpc) is 3.37. The lowest BCUT2D eigenvalue weighted by molar-refractivity contribution is -0.192. The van der Waals surface area contributed by atoms with Gasteiger partial charge in [0.1, 0.15) is 10.6 Å². The first-order chi connectivity index (χ1) is 20.8. The quantitative estimate of drug-likeness (QED) is 0.266. The van der Waals surface area contributed by atoms with E-state index in [0.29, 0.717) is 31.8 Å². The molecular weight excluding hydrogens is 601 g/mol. The van der Waals surface area contributed by atoms with Crippen LogP contribution in [0, 0.1) is 0 Å². The molecule has 234 valence electrons. The fourth-order valence-corrected chi connectivity index (χ4v) is 6.31. The molecule has 14 heteroatoms. The van der Waals surface area contributed by atoms with E-state index in [4.69, 9.17) is 24.4 Å². The van der Waals surface area contributed by atoms with Crippen molar-refractivity contribution >= 4 is 45.7 Å². The predicted molar refractivity (Wildman–Crippen MR) is 157 cm³/mol. The normalized spacial score (nSPS) is 19.0. The third kappa shape index (κ3) is 7.48. The smallest absolute Gasteiger partial charge is 0.475 e. The van der Waals surface area contributed by atoms with Crippen LogP contribution in [-0.2, 0) is 33.6 Å². The summed E-state index contributed by atoms with van der Waals surface area (Å²) < 4.78 is 42.9. The van der Waals surface area contributed by atoms with Gasteiger partial charge in [0.15, 0.2) is 5.13 Å². The molecule has 0 aliphatic carbocycles. The third-order valence-electron chi connectivity index (χ3n) is 7.24. The molecule has 4 heterocycles. The minimum atomic E-state index is -5.08. The molecule has 1 atom stereocenters. The average molecular weight is 633 g/mol. The number of fused-ring (bicyclic) bond motifs is 2. The number of ether oxygens (including phenoxy) is 2. The second-order valence-electron chi connectivity index (χ2n) is 11.3. The number of amides is 1. The van der Waals surface area contributed by atoms with E-state index in [2.05, 4.69) is 33.7 Å². The molecule has 0 bridgehead atoms. The van der Waals surface area contributed by atoms with Crippen LogP contribution in [0.5, 0.6) is 5.75 Å². The maximum Gasteiger partial charge on any atom is 0.490 e. The first-order valence-corrected chi connectivity index (χ1v) is 14.8. The van der Waals surface area contributed by atoms with Crippen molar-refractivity contribution in [2.24, 2.45) is 0 Å². The number of rotatable bonds is 5. The number of anilines is 3. The number of morpholine rings is 1. The van der Waals surface area contributed by atoms with Crippen LogP contribution in [0.3, 0.4) is 0 Å². The molecule has 1 unspecified atom stereocenters. The van der Waals surface area contributed by atoms with Gasteiger partial charge in [-0.15, -0.1) is 0 Å². The fourth-order valence-electron chi connectivity index (χ4n) is 5.24. The second-order valence-corrected chi connectivity index (χ2v) is 12.3. The molecule has 2 aromatic carbocycles. The summed E-state index contributed by atoms with van der Waals surface area (Å²) in [5.41, 5.74) is 4.81. The highest BCUT2D eigenvalue weighted by Gasteiger charge is 2.38. The first kappa shape index (κ1) is 31.3. The Bertz CT molecular complexity index is 1570. The second kappa shape index (κ2) is 12.4. The van der Waals surface area contributed by atoms with Crippen LogP contribution in [0.4, 0.5) is 29.7 Å². The summed E-state index contributed by atoms with van der Waals surface area (Å²) in [6, 6.07) is 14.4. The van der Waals surface area contributed by atoms with E-state index >= 15 is 0 Å². The maximum absolute atomic E-state index is 12.6. The number of nitrogens with one attached hydrogen (secondary N) is 2. The lowest BCUT2D eigenvalue weighted by Crippen LogP contribution is -2.48. The number of hydrogen-bond donors (Lipinski definition) is 3. The molecule has 1 aromatic heterocycles. The monoisotopic (exact) mass is 632 g/mol. The lowest BCUT2D eigenvalue weighted by atomic mass is 9.94. The molecule has 0 radical (unpaired) electrons. The minimum Gasteiger partial charge on any atom is -0.475 e. The zero-order chi connectivity index (χ0) is 31.6. The van der Waals surface area contributed by atoms with E-state index in [1.165, 1.54) is 16.9 Å². The Kier molecular flexibility index (Phi) is 8.84. The summed E-state index contributed by atoms with van der Waals surface area (Å²) in [6.07, 6.45) is -2.44. The third-order valence-corrected chi connectivity index (χ3v) is 8.37. The van der Waals surface area contributed by atoms with E-state index in [1.54, 1.807) is 0 Å². The number of aromatic nitrogens is 1. The van der Waals surface area contributed by atoms with Gasteiger partial charge in [-0.2, -0.15) is 13.2 Å². The summed E-state index contributed by atoms with van der Waals surface area (Å²) in [7, 11) is 0. The Morgan fingerprint density at radius 2 is 1.93 bits per heavy atom. The number of carbonyl (C=O) groups is 3. The van der Waals surface area contributed by atoms with Gasteiger partial charge in [-0.3, -0.25) is 9.59 Å². The summed E-state index contributed by atoms with van der Waals surface area (Å²) >= 11 is 1.48. The van der Waals surface area contributed by atoms with E-state index in [0.717, 1.165) is 52.0 Å². The SMILES string of the molecule is CC1(C)Cc2nc(N3CCOCC3Cc3cccc(Nc4ccc5c(c4)CCC(=O)O5)c3)sc2C(=O)N1.O=C(O)C(F)(F)F. The molecular formula is C30H31F3N4O6S. The molecule has 1 amide bonds. The van der Waals surface area contributed by atoms with Gasteiger partial charge in [0.05, 0.1) is 31.4 Å². The molecule has 3 aromatic rings. The zero-order valence-corrected chi connectivity index (χ0v) is 24.8. The molecule has 3 N–H and O–H groups in total. The van der Waals surface area contributed by atoms with Crippen LogP contribution in [0.2, 0.25) is 0 Å². The number of alkyl halides is 3. The van der Waals surface area contributed by atoms with Crippen LogP contribution in [-0.4, -0.2) is 65.5 Å². The number of benzene rings is 2. The van der Waals surface area contributed by atoms with Gasteiger partial charge in [-0.1, -0.05) is 23.5 Å². The molecule has 0 saturated carbocycles. The number of carbonyl (C=O) groups excluding carboxylic acids is 2. The Morgan fingerprint density at radius 1 is 1.18 bits per heavy atom. The van der Waals surface area contributed by atoms with Gasteiger partial charge < -0.3 is 30.1 Å². The number of carboxylic acids is 1. The largest absolute Gasteiger partial charge is 0.490 e. The molecule has 1 saturated heterocycles. The van der Waals surface area contributed by atoms with Crippen molar-refractivity contribution in [3.8, 4) is 5.75 Å². The van der Waals surface area contributed by atoms with E-state index in [9.17, 15) is 22.8 Å². The Balaban J connectivity index is 0.000000493. The van der Waals surface area contributed by atoms with Crippen molar-refractivity contribution < 1.29 is 42.1 Å². The number of thiazole rings is 1. The fraction of sp³-hybridized carbons (Fsp3) is 0.400. The highest BCUT2D eigenvalue weighted by Crippen LogP contribution is 2.34. The van der Waals surface area contributed by atoms with E-state index < -0.39 is 12.1 Å². The number of aryl methyl sites for hydroxylation is 1. The highest BCUT2D eigenvalue weighted by molar-refractivity contribution is 7.17. The van der Waals surface area contributed by atoms with Crippen LogP contribution >= 0.6 is 11.3 Å². The van der Waals surface area contributed by atoms with Gasteiger partial charge in [0.2, 0.25) is 0 Å². The minimum absolute atomic E-state index is 0.0288. The summed E-state index contributed by atoms with van der Waals surface area (Å²) in [6.45, 7) is 6.07. The van der Waals surface area contributed by atoms with Crippen molar-refractivity contribution in [3.63, 3.8) is 0 Å². The maximum atomic E-state index is 12.6. The predicted octanol–water partition coefficient (Wildman–Crippen LogP) is 4.88. The molecule has 1 fully saturated rings. The lowest BCUT2D eigenvalue weighted by Gasteiger charge is -2.35. The summed E-state index contributed by atoms with van der Waals surface area (Å²) in [5, 5.41) is 14.6. The highest BCUT2D eigenvalue weighted by atomic mass is 32.1. The van der Waals surface area contributed by atoms with Crippen LogP contribution < -0.4 is 20.3 Å². The Labute approximate surface area is 255 Å². The zero-order valence-electron chi connectivity index (χ0n) is 24.0. The Morgan fingerprint density at radius 3 is 2.68 bits per heavy atom. The first-order valence-electron chi connectivity index (χ1n) is 13.9. The Hall–Kier alpha value is -4.17. The molecule has 44 heavy (non-hydrogen) atoms. The molecule has 3 aliphatic heterocycles. The van der Waals surface area contributed by atoms with Crippen LogP contribution in [0.15, 0.2) is 42.5 Å². The van der Waals surface area contributed by atoms with Gasteiger partial charge in [0.25, 0.3) is 5.91 Å². The standard InChI is InChI=1S/C28H30N4O4S.C2HF3O2/c1-28(2)15-22-25(26(34)31-28)37-27(30-22)32-10-11-35-16-21(32)13-17-4-3-5-19(12-17)29-20-7-8-23-18(14-20)6-9-24(33)36-23;3-2(4,5)1(6)7/h3-5,7-8,12,14,21,29H,6,9-11,13,15-16H2,1-2H3,(H,31,34);(H,6,7). The van der Waals surface area contributed by atoms with Crippen molar-refractivity contribution in [1.29, 1.82) is 0 Å². The molecule has 10 nitrogen and oxygen atoms in total. The van der Waals surface area contributed by atoms with Crippen LogP contribution in [0.25, 0.3) is 0 Å². The summed E-state index contributed by atoms with van der Waals surface area (Å²) in [5.74, 6) is -2.31. The van der Waals surface area contributed by atoms with E-state index in [1.807, 2.05) is 38.1 Å². The van der Waals surface area contributed by atoms with Gasteiger partial charge in [-0.05, 0) is 68.1 Å². The summed E-state index contributed by atoms with van der Waals surface area (Å²) in [4.78, 5) is 41.0. The molecule has 0 spiro atoms. The van der Waals surface area contributed by atoms with Gasteiger partial charge >= 0.3 is 18.1 Å². The number of hydrogen-bond acceptors (Lipinski definition) is 9. The number of nitrogens with zero attached hydrogens (tertiary/aromatic N) is 2. The molecule has 6 rings (SSSR count). The van der Waals surface area contributed by atoms with E-state index in [-0.39, 0.29) is 23.5 Å². The van der Waals surface area contributed by atoms with Crippen molar-refractivity contribution in [2.45, 2.75) is 57.3 Å². The number of esters is 1. The number of carboxylic acid groups (broad SMARTS) is 1. The van der Waals surface area contributed by atoms with Crippen LogP contribution in [0.1, 0.15) is 46.8 Å². The van der Waals surface area contributed by atoms with Crippen molar-refractivity contribution in [1.82, 2.24) is 10.3 Å². The van der Waals surface area contributed by atoms with Gasteiger partial charge in [0, 0.05) is 29.9 Å². The van der Waals surface area contributed by atoms with Crippen molar-refractivity contribution in [2.75, 3.05) is 30.0 Å². The van der Waals surface area contributed by atoms with Gasteiger partial charge in [-0.25, -0.2) is 9.78 Å². The van der Waals surface area contributed by atoms with Crippen molar-refractivity contribution in [3.05, 3.63) is 64.2 Å².